The lowest BCUT2D eigenvalue weighted by atomic mass is 10.1. The zero-order valence-electron chi connectivity index (χ0n) is 11.1. The van der Waals surface area contributed by atoms with Crippen molar-refractivity contribution in [2.45, 2.75) is 20.4 Å². The van der Waals surface area contributed by atoms with Gasteiger partial charge in [-0.25, -0.2) is 4.98 Å². The van der Waals surface area contributed by atoms with E-state index in [0.29, 0.717) is 6.54 Å². The summed E-state index contributed by atoms with van der Waals surface area (Å²) in [7, 11) is 1.96. The Labute approximate surface area is 115 Å². The van der Waals surface area contributed by atoms with Crippen molar-refractivity contribution >= 4 is 22.7 Å². The maximum absolute atomic E-state index is 10.7. The van der Waals surface area contributed by atoms with E-state index in [2.05, 4.69) is 9.88 Å². The molecule has 0 N–H and O–H groups in total. The molecule has 0 unspecified atom stereocenters. The van der Waals surface area contributed by atoms with Crippen LogP contribution in [-0.4, -0.2) is 17.0 Å². The van der Waals surface area contributed by atoms with Gasteiger partial charge in [0.25, 0.3) is 5.69 Å². The molecule has 0 radical (unpaired) electrons. The molecule has 0 bridgehead atoms. The summed E-state index contributed by atoms with van der Waals surface area (Å²) >= 11 is 1.63. The number of hydrogen-bond acceptors (Lipinski definition) is 5. The molecule has 2 rings (SSSR count). The SMILES string of the molecule is Cc1csc(CN(C)c2ccc([N+](=O)[O-])cc2C)n1. The molecule has 100 valence electrons. The van der Waals surface area contributed by atoms with E-state index in [9.17, 15) is 10.1 Å². The van der Waals surface area contributed by atoms with Crippen molar-refractivity contribution in [2.75, 3.05) is 11.9 Å². The van der Waals surface area contributed by atoms with Crippen LogP contribution in [0.25, 0.3) is 0 Å². The van der Waals surface area contributed by atoms with Gasteiger partial charge in [0.05, 0.1) is 11.5 Å². The van der Waals surface area contributed by atoms with E-state index in [1.165, 1.54) is 6.07 Å². The van der Waals surface area contributed by atoms with E-state index in [1.807, 2.05) is 26.3 Å². The zero-order valence-corrected chi connectivity index (χ0v) is 11.9. The van der Waals surface area contributed by atoms with E-state index in [0.717, 1.165) is 22.0 Å². The van der Waals surface area contributed by atoms with Gasteiger partial charge in [-0.15, -0.1) is 11.3 Å². The Morgan fingerprint density at radius 1 is 1.42 bits per heavy atom. The molecule has 1 aromatic heterocycles. The van der Waals surface area contributed by atoms with E-state index >= 15 is 0 Å². The van der Waals surface area contributed by atoms with Gasteiger partial charge in [-0.2, -0.15) is 0 Å². The second-order valence-corrected chi connectivity index (χ2v) is 5.41. The molecule has 0 atom stereocenters. The number of non-ortho nitro benzene ring substituents is 1. The highest BCUT2D eigenvalue weighted by Crippen LogP contribution is 2.25. The number of hydrogen-bond donors (Lipinski definition) is 0. The van der Waals surface area contributed by atoms with Gasteiger partial charge in [-0.05, 0) is 25.5 Å². The summed E-state index contributed by atoms with van der Waals surface area (Å²) in [5.74, 6) is 0. The molecule has 0 aliphatic heterocycles. The quantitative estimate of drug-likeness (QED) is 0.635. The molecule has 0 spiro atoms. The van der Waals surface area contributed by atoms with Gasteiger partial charge in [-0.3, -0.25) is 10.1 Å². The van der Waals surface area contributed by atoms with E-state index in [-0.39, 0.29) is 10.6 Å². The van der Waals surface area contributed by atoms with Crippen LogP contribution >= 0.6 is 11.3 Å². The molecule has 0 saturated carbocycles. The molecule has 1 heterocycles. The fourth-order valence-corrected chi connectivity index (χ4v) is 2.77. The smallest absolute Gasteiger partial charge is 0.269 e. The number of aromatic nitrogens is 1. The Morgan fingerprint density at radius 3 is 2.68 bits per heavy atom. The summed E-state index contributed by atoms with van der Waals surface area (Å²) in [6.45, 7) is 4.56. The maximum Gasteiger partial charge on any atom is 0.269 e. The van der Waals surface area contributed by atoms with Gasteiger partial charge in [0.1, 0.15) is 5.01 Å². The van der Waals surface area contributed by atoms with Gasteiger partial charge in [0, 0.05) is 35.9 Å². The number of rotatable bonds is 4. The highest BCUT2D eigenvalue weighted by molar-refractivity contribution is 7.09. The van der Waals surface area contributed by atoms with Crippen LogP contribution in [0.3, 0.4) is 0 Å². The molecule has 5 nitrogen and oxygen atoms in total. The third-order valence-electron chi connectivity index (χ3n) is 2.84. The summed E-state index contributed by atoms with van der Waals surface area (Å²) < 4.78 is 0. The highest BCUT2D eigenvalue weighted by Gasteiger charge is 2.12. The first-order valence-corrected chi connectivity index (χ1v) is 6.72. The fourth-order valence-electron chi connectivity index (χ4n) is 1.94. The molecule has 0 aliphatic carbocycles. The predicted molar refractivity (Wildman–Crippen MR) is 76.8 cm³/mol. The van der Waals surface area contributed by atoms with Gasteiger partial charge in [0.2, 0.25) is 0 Å². The third kappa shape index (κ3) is 3.08. The number of anilines is 1. The van der Waals surface area contributed by atoms with Crippen molar-refractivity contribution in [3.8, 4) is 0 Å². The average molecular weight is 277 g/mol. The minimum atomic E-state index is -0.374. The molecule has 6 heteroatoms. The van der Waals surface area contributed by atoms with Crippen LogP contribution in [0.15, 0.2) is 23.6 Å². The molecule has 0 fully saturated rings. The van der Waals surface area contributed by atoms with Gasteiger partial charge in [0.15, 0.2) is 0 Å². The van der Waals surface area contributed by atoms with Gasteiger partial charge < -0.3 is 4.90 Å². The lowest BCUT2D eigenvalue weighted by Gasteiger charge is -2.19. The van der Waals surface area contributed by atoms with Crippen molar-refractivity contribution in [1.29, 1.82) is 0 Å². The summed E-state index contributed by atoms with van der Waals surface area (Å²) in [4.78, 5) is 16.8. The van der Waals surface area contributed by atoms with Gasteiger partial charge >= 0.3 is 0 Å². The third-order valence-corrected chi connectivity index (χ3v) is 3.79. The normalized spacial score (nSPS) is 10.5. The Hall–Kier alpha value is -1.95. The van der Waals surface area contributed by atoms with Crippen molar-refractivity contribution < 1.29 is 4.92 Å². The molecule has 2 aromatic rings. The first-order valence-electron chi connectivity index (χ1n) is 5.84. The van der Waals surface area contributed by atoms with Crippen LogP contribution in [0.4, 0.5) is 11.4 Å². The standard InChI is InChI=1S/C13H15N3O2S/c1-9-6-11(16(17)18)4-5-12(9)15(3)7-13-14-10(2)8-19-13/h4-6,8H,7H2,1-3H3. The van der Waals surface area contributed by atoms with Gasteiger partial charge in [-0.1, -0.05) is 0 Å². The molecule has 0 aliphatic rings. The van der Waals surface area contributed by atoms with Crippen molar-refractivity contribution in [1.82, 2.24) is 4.98 Å². The lowest BCUT2D eigenvalue weighted by molar-refractivity contribution is -0.384. The van der Waals surface area contributed by atoms with E-state index in [4.69, 9.17) is 0 Å². The Balaban J connectivity index is 2.19. The molecule has 1 aromatic carbocycles. The highest BCUT2D eigenvalue weighted by atomic mass is 32.1. The number of nitro benzene ring substituents is 1. The topological polar surface area (TPSA) is 59.3 Å². The number of nitrogens with zero attached hydrogens (tertiary/aromatic N) is 3. The van der Waals surface area contributed by atoms with Crippen LogP contribution in [0.1, 0.15) is 16.3 Å². The monoisotopic (exact) mass is 277 g/mol. The fraction of sp³-hybridized carbons (Fsp3) is 0.308. The van der Waals surface area contributed by atoms with Crippen molar-refractivity contribution in [3.05, 3.63) is 50.0 Å². The van der Waals surface area contributed by atoms with E-state index in [1.54, 1.807) is 23.5 Å². The van der Waals surface area contributed by atoms with Crippen LogP contribution < -0.4 is 4.90 Å². The Bertz CT molecular complexity index is 610. The molecule has 0 amide bonds. The lowest BCUT2D eigenvalue weighted by Crippen LogP contribution is -2.17. The summed E-state index contributed by atoms with van der Waals surface area (Å²) in [5.41, 5.74) is 3.02. The predicted octanol–water partition coefficient (Wildman–Crippen LogP) is 3.30. The average Bonchev–Trinajstić information content (AvgIpc) is 2.74. The van der Waals surface area contributed by atoms with Crippen LogP contribution in [0.5, 0.6) is 0 Å². The number of thiazole rings is 1. The Morgan fingerprint density at radius 2 is 2.16 bits per heavy atom. The Kier molecular flexibility index (Phi) is 3.80. The second-order valence-electron chi connectivity index (χ2n) is 4.47. The number of nitro groups is 1. The largest absolute Gasteiger partial charge is 0.368 e. The second kappa shape index (κ2) is 5.36. The van der Waals surface area contributed by atoms with Crippen LogP contribution in [-0.2, 0) is 6.54 Å². The molecular formula is C13H15N3O2S. The van der Waals surface area contributed by atoms with Crippen molar-refractivity contribution in [3.63, 3.8) is 0 Å². The van der Waals surface area contributed by atoms with Crippen molar-refractivity contribution in [2.24, 2.45) is 0 Å². The zero-order chi connectivity index (χ0) is 14.0. The molecule has 19 heavy (non-hydrogen) atoms. The molecular weight excluding hydrogens is 262 g/mol. The summed E-state index contributed by atoms with van der Waals surface area (Å²) in [5, 5.41) is 13.8. The van der Waals surface area contributed by atoms with Crippen LogP contribution in [0, 0.1) is 24.0 Å². The number of benzene rings is 1. The maximum atomic E-state index is 10.7. The molecule has 0 saturated heterocycles. The van der Waals surface area contributed by atoms with Crippen LogP contribution in [0.2, 0.25) is 0 Å². The first-order chi connectivity index (χ1) is 8.97. The first kappa shape index (κ1) is 13.5. The minimum absolute atomic E-state index is 0.125. The summed E-state index contributed by atoms with van der Waals surface area (Å²) in [6, 6.07) is 4.92. The number of aryl methyl sites for hydroxylation is 2. The van der Waals surface area contributed by atoms with E-state index < -0.39 is 0 Å². The summed E-state index contributed by atoms with van der Waals surface area (Å²) in [6.07, 6.45) is 0. The minimum Gasteiger partial charge on any atom is -0.368 e.